The van der Waals surface area contributed by atoms with Crippen LogP contribution >= 0.6 is 0 Å². The van der Waals surface area contributed by atoms with Crippen molar-refractivity contribution in [2.75, 3.05) is 11.9 Å². The molecule has 3 aromatic rings. The Morgan fingerprint density at radius 1 is 0.773 bits per heavy atom. The monoisotopic (exact) mass is 289 g/mol. The van der Waals surface area contributed by atoms with Crippen LogP contribution in [-0.2, 0) is 0 Å². The summed E-state index contributed by atoms with van der Waals surface area (Å²) < 4.78 is 0. The molecule has 1 atom stereocenters. The molecule has 0 fully saturated rings. The maximum atomic E-state index is 2.37. The molecule has 3 aromatic carbocycles. The van der Waals surface area contributed by atoms with Gasteiger partial charge in [-0.3, -0.25) is 0 Å². The summed E-state index contributed by atoms with van der Waals surface area (Å²) in [7, 11) is 2.18. The Labute approximate surface area is 133 Å². The molecule has 1 nitrogen and oxygen atoms in total. The summed E-state index contributed by atoms with van der Waals surface area (Å²) in [6, 6.07) is 22.1. The van der Waals surface area contributed by atoms with Gasteiger partial charge in [-0.15, -0.1) is 0 Å². The van der Waals surface area contributed by atoms with E-state index in [4.69, 9.17) is 0 Å². The zero-order valence-electron chi connectivity index (χ0n) is 13.8. The van der Waals surface area contributed by atoms with Gasteiger partial charge in [-0.05, 0) is 60.4 Å². The van der Waals surface area contributed by atoms with E-state index in [1.165, 1.54) is 33.2 Å². The second kappa shape index (κ2) is 5.84. The van der Waals surface area contributed by atoms with Crippen molar-refractivity contribution in [2.24, 2.45) is 0 Å². The largest absolute Gasteiger partial charge is 0.368 e. The van der Waals surface area contributed by atoms with E-state index in [1.54, 1.807) is 0 Å². The number of anilines is 1. The number of aryl methyl sites for hydroxylation is 2. The normalized spacial score (nSPS) is 12.4. The highest BCUT2D eigenvalue weighted by atomic mass is 15.1. The minimum Gasteiger partial charge on any atom is -0.368 e. The first-order valence-corrected chi connectivity index (χ1v) is 7.85. The lowest BCUT2D eigenvalue weighted by molar-refractivity contribution is 0.733. The van der Waals surface area contributed by atoms with E-state index in [0.29, 0.717) is 6.04 Å². The smallest absolute Gasteiger partial charge is 0.0513 e. The fraction of sp³-hybridized carbons (Fsp3) is 0.238. The summed E-state index contributed by atoms with van der Waals surface area (Å²) in [6.07, 6.45) is 0. The van der Waals surface area contributed by atoms with Gasteiger partial charge in [-0.2, -0.15) is 0 Å². The van der Waals surface area contributed by atoms with Gasteiger partial charge in [-0.1, -0.05) is 48.5 Å². The molecule has 0 N–H and O–H groups in total. The molecule has 1 unspecified atom stereocenters. The predicted octanol–water partition coefficient (Wildman–Crippen LogP) is 5.65. The standard InChI is InChI=1S/C21H23N/c1-15-9-5-8-12-21(15)22(4)17(3)20-14-19-11-7-6-10-18(19)13-16(20)2/h5-14,17H,1-4H3. The van der Waals surface area contributed by atoms with E-state index in [0.717, 1.165) is 0 Å². The number of hydrogen-bond acceptors (Lipinski definition) is 1. The predicted molar refractivity (Wildman–Crippen MR) is 96.7 cm³/mol. The minimum atomic E-state index is 0.339. The van der Waals surface area contributed by atoms with E-state index in [1.807, 2.05) is 0 Å². The van der Waals surface area contributed by atoms with Gasteiger partial charge in [0.05, 0.1) is 6.04 Å². The topological polar surface area (TPSA) is 3.24 Å². The van der Waals surface area contributed by atoms with E-state index in [-0.39, 0.29) is 0 Å². The average molecular weight is 289 g/mol. The molecule has 0 heterocycles. The van der Waals surface area contributed by atoms with Gasteiger partial charge in [0.15, 0.2) is 0 Å². The van der Waals surface area contributed by atoms with Gasteiger partial charge >= 0.3 is 0 Å². The average Bonchev–Trinajstić information content (AvgIpc) is 2.53. The third-order valence-corrected chi connectivity index (χ3v) is 4.66. The van der Waals surface area contributed by atoms with Crippen molar-refractivity contribution >= 4 is 16.5 Å². The van der Waals surface area contributed by atoms with Crippen LogP contribution in [0.1, 0.15) is 29.7 Å². The molecule has 0 aliphatic rings. The first-order valence-electron chi connectivity index (χ1n) is 7.85. The van der Waals surface area contributed by atoms with Crippen LogP contribution < -0.4 is 4.90 Å². The Morgan fingerprint density at radius 3 is 2.05 bits per heavy atom. The molecule has 0 radical (unpaired) electrons. The van der Waals surface area contributed by atoms with Crippen LogP contribution in [-0.4, -0.2) is 7.05 Å². The Hall–Kier alpha value is -2.28. The fourth-order valence-corrected chi connectivity index (χ4v) is 3.20. The zero-order chi connectivity index (χ0) is 15.7. The summed E-state index contributed by atoms with van der Waals surface area (Å²) in [6.45, 7) is 6.67. The molecule has 0 bridgehead atoms. The second-order valence-corrected chi connectivity index (χ2v) is 6.13. The molecule has 112 valence electrons. The Morgan fingerprint density at radius 2 is 1.36 bits per heavy atom. The molecule has 0 amide bonds. The van der Waals surface area contributed by atoms with Crippen LogP contribution in [0.3, 0.4) is 0 Å². The number of nitrogens with zero attached hydrogens (tertiary/aromatic N) is 1. The summed E-state index contributed by atoms with van der Waals surface area (Å²) in [5, 5.41) is 2.63. The molecule has 0 aliphatic heterocycles. The van der Waals surface area contributed by atoms with E-state index in [2.05, 4.69) is 93.4 Å². The number of para-hydroxylation sites is 1. The van der Waals surface area contributed by atoms with Crippen molar-refractivity contribution in [3.05, 3.63) is 77.4 Å². The Bertz CT molecular complexity index is 804. The van der Waals surface area contributed by atoms with Gasteiger partial charge < -0.3 is 4.90 Å². The van der Waals surface area contributed by atoms with Crippen LogP contribution in [0.2, 0.25) is 0 Å². The zero-order valence-corrected chi connectivity index (χ0v) is 13.8. The summed E-state index contributed by atoms with van der Waals surface area (Å²) in [4.78, 5) is 2.37. The highest BCUT2D eigenvalue weighted by Crippen LogP contribution is 2.31. The van der Waals surface area contributed by atoms with Gasteiger partial charge in [0.2, 0.25) is 0 Å². The van der Waals surface area contributed by atoms with Gasteiger partial charge in [0.25, 0.3) is 0 Å². The van der Waals surface area contributed by atoms with E-state index < -0.39 is 0 Å². The van der Waals surface area contributed by atoms with Crippen LogP contribution in [0.4, 0.5) is 5.69 Å². The van der Waals surface area contributed by atoms with Crippen molar-refractivity contribution < 1.29 is 0 Å². The third kappa shape index (κ3) is 2.59. The Kier molecular flexibility index (Phi) is 3.89. The molecule has 22 heavy (non-hydrogen) atoms. The van der Waals surface area contributed by atoms with Crippen molar-refractivity contribution in [1.82, 2.24) is 0 Å². The third-order valence-electron chi connectivity index (χ3n) is 4.66. The van der Waals surface area contributed by atoms with Crippen LogP contribution in [0.15, 0.2) is 60.7 Å². The number of benzene rings is 3. The summed E-state index contributed by atoms with van der Waals surface area (Å²) in [5.74, 6) is 0. The number of hydrogen-bond donors (Lipinski definition) is 0. The number of rotatable bonds is 3. The van der Waals surface area contributed by atoms with Gasteiger partial charge in [-0.25, -0.2) is 0 Å². The number of fused-ring (bicyclic) bond motifs is 1. The van der Waals surface area contributed by atoms with E-state index >= 15 is 0 Å². The highest BCUT2D eigenvalue weighted by Gasteiger charge is 2.16. The van der Waals surface area contributed by atoms with Crippen LogP contribution in [0, 0.1) is 13.8 Å². The lowest BCUT2D eigenvalue weighted by atomic mass is 9.96. The molecule has 0 aliphatic carbocycles. The summed E-state index contributed by atoms with van der Waals surface area (Å²) in [5.41, 5.74) is 5.36. The lowest BCUT2D eigenvalue weighted by Crippen LogP contribution is -2.23. The van der Waals surface area contributed by atoms with E-state index in [9.17, 15) is 0 Å². The minimum absolute atomic E-state index is 0.339. The highest BCUT2D eigenvalue weighted by molar-refractivity contribution is 5.84. The quantitative estimate of drug-likeness (QED) is 0.602. The molecular formula is C21H23N. The van der Waals surface area contributed by atoms with Crippen molar-refractivity contribution in [2.45, 2.75) is 26.8 Å². The van der Waals surface area contributed by atoms with Crippen molar-refractivity contribution in [1.29, 1.82) is 0 Å². The lowest BCUT2D eigenvalue weighted by Gasteiger charge is -2.30. The molecule has 0 saturated carbocycles. The fourth-order valence-electron chi connectivity index (χ4n) is 3.20. The maximum absolute atomic E-state index is 2.37. The molecule has 1 heteroatoms. The molecule has 0 aromatic heterocycles. The van der Waals surface area contributed by atoms with Gasteiger partial charge in [0.1, 0.15) is 0 Å². The van der Waals surface area contributed by atoms with Crippen molar-refractivity contribution in [3.8, 4) is 0 Å². The summed E-state index contributed by atoms with van der Waals surface area (Å²) >= 11 is 0. The first-order chi connectivity index (χ1) is 10.6. The molecule has 0 spiro atoms. The molecular weight excluding hydrogens is 266 g/mol. The SMILES string of the molecule is Cc1cc2ccccc2cc1C(C)N(C)c1ccccc1C. The van der Waals surface area contributed by atoms with Gasteiger partial charge in [0, 0.05) is 12.7 Å². The molecule has 0 saturated heterocycles. The van der Waals surface area contributed by atoms with Crippen LogP contribution in [0.25, 0.3) is 10.8 Å². The first kappa shape index (κ1) is 14.6. The van der Waals surface area contributed by atoms with Crippen LogP contribution in [0.5, 0.6) is 0 Å². The Balaban J connectivity index is 2.03. The maximum Gasteiger partial charge on any atom is 0.0513 e. The molecule has 3 rings (SSSR count). The van der Waals surface area contributed by atoms with Crippen molar-refractivity contribution in [3.63, 3.8) is 0 Å². The second-order valence-electron chi connectivity index (χ2n) is 6.13.